The van der Waals surface area contributed by atoms with E-state index in [-0.39, 0.29) is 17.6 Å². The van der Waals surface area contributed by atoms with E-state index in [1.54, 1.807) is 4.68 Å². The fraction of sp³-hybridized carbons (Fsp3) is 0.731. The van der Waals surface area contributed by atoms with Crippen LogP contribution in [-0.2, 0) is 22.3 Å². The Morgan fingerprint density at radius 2 is 1.38 bits per heavy atom. The van der Waals surface area contributed by atoms with Gasteiger partial charge in [-0.05, 0) is 39.8 Å². The average Bonchev–Trinajstić information content (AvgIpc) is 3.20. The molecular formula is C26H45N5O2S. The van der Waals surface area contributed by atoms with Crippen molar-refractivity contribution in [3.63, 3.8) is 0 Å². The fourth-order valence-electron chi connectivity index (χ4n) is 4.28. The molecule has 0 aliphatic rings. The number of hydrogen-bond acceptors (Lipinski definition) is 5. The summed E-state index contributed by atoms with van der Waals surface area (Å²) in [6.07, 6.45) is 12.5. The van der Waals surface area contributed by atoms with Crippen molar-refractivity contribution >= 4 is 15.7 Å². The lowest BCUT2D eigenvalue weighted by Crippen LogP contribution is -2.20. The minimum absolute atomic E-state index is 0.207. The molecule has 0 bridgehead atoms. The second-order valence-electron chi connectivity index (χ2n) is 9.98. The van der Waals surface area contributed by atoms with Gasteiger partial charge in [0.05, 0.1) is 5.69 Å². The summed E-state index contributed by atoms with van der Waals surface area (Å²) in [5, 5.41) is 11.8. The van der Waals surface area contributed by atoms with Gasteiger partial charge in [0.1, 0.15) is 5.75 Å². The Kier molecular flexibility index (Phi) is 12.0. The van der Waals surface area contributed by atoms with Crippen LogP contribution in [0.5, 0.6) is 0 Å². The van der Waals surface area contributed by atoms with Gasteiger partial charge in [-0.1, -0.05) is 111 Å². The molecule has 8 heteroatoms. The average molecular weight is 492 g/mol. The second kappa shape index (κ2) is 14.4. The van der Waals surface area contributed by atoms with Crippen LogP contribution < -0.4 is 4.72 Å². The molecule has 7 nitrogen and oxygen atoms in total. The Morgan fingerprint density at radius 1 is 0.853 bits per heavy atom. The number of para-hydroxylation sites is 1. The summed E-state index contributed by atoms with van der Waals surface area (Å²) in [7, 11) is -3.66. The number of unbranched alkanes of at least 4 members (excludes halogenated alkanes) is 9. The monoisotopic (exact) mass is 491 g/mol. The third kappa shape index (κ3) is 9.35. The van der Waals surface area contributed by atoms with E-state index in [9.17, 15) is 8.42 Å². The van der Waals surface area contributed by atoms with Crippen LogP contribution >= 0.6 is 0 Å². The molecule has 2 aromatic rings. The fourth-order valence-corrected chi connectivity index (χ4v) is 5.45. The van der Waals surface area contributed by atoms with Gasteiger partial charge >= 0.3 is 0 Å². The number of hydrogen-bond donors (Lipinski definition) is 1. The molecule has 1 N–H and O–H groups in total. The summed E-state index contributed by atoms with van der Waals surface area (Å²) in [6.45, 7) is 11.2. The van der Waals surface area contributed by atoms with E-state index >= 15 is 0 Å². The highest BCUT2D eigenvalue weighted by molar-refractivity contribution is 7.91. The highest BCUT2D eigenvalue weighted by Gasteiger charge is 2.22. The zero-order valence-corrected chi connectivity index (χ0v) is 22.7. The van der Waals surface area contributed by atoms with Crippen LogP contribution in [0.3, 0.4) is 0 Å². The predicted octanol–water partition coefficient (Wildman–Crippen LogP) is 6.78. The molecule has 0 spiro atoms. The minimum atomic E-state index is -3.66. The Morgan fingerprint density at radius 3 is 1.91 bits per heavy atom. The largest absolute Gasteiger partial charge is 0.283 e. The van der Waals surface area contributed by atoms with Crippen LogP contribution in [0.1, 0.15) is 128 Å². The molecule has 0 atom stereocenters. The molecule has 0 unspecified atom stereocenters. The molecule has 0 aliphatic heterocycles. The number of benzene rings is 1. The van der Waals surface area contributed by atoms with Gasteiger partial charge in [-0.2, -0.15) is 0 Å². The normalized spacial score (nSPS) is 12.1. The maximum absolute atomic E-state index is 13.1. The first-order valence-corrected chi connectivity index (χ1v) is 14.8. The highest BCUT2D eigenvalue weighted by Crippen LogP contribution is 2.33. The maximum Gasteiger partial charge on any atom is 0.240 e. The zero-order chi connectivity index (χ0) is 25.0. The van der Waals surface area contributed by atoms with Crippen molar-refractivity contribution in [2.45, 2.75) is 123 Å². The van der Waals surface area contributed by atoms with Gasteiger partial charge in [-0.15, -0.1) is 5.10 Å². The molecular weight excluding hydrogens is 446 g/mol. The van der Waals surface area contributed by atoms with Crippen molar-refractivity contribution in [1.82, 2.24) is 20.2 Å². The summed E-state index contributed by atoms with van der Waals surface area (Å²) in [5.41, 5.74) is 2.70. The summed E-state index contributed by atoms with van der Waals surface area (Å²) in [6, 6.07) is 5.98. The van der Waals surface area contributed by atoms with E-state index < -0.39 is 10.0 Å². The van der Waals surface area contributed by atoms with Crippen molar-refractivity contribution in [3.8, 4) is 0 Å². The second-order valence-corrected chi connectivity index (χ2v) is 11.7. The molecule has 0 saturated heterocycles. The van der Waals surface area contributed by atoms with Gasteiger partial charge in [0.15, 0.2) is 5.82 Å². The number of sulfonamides is 1. The Labute approximate surface area is 207 Å². The zero-order valence-electron chi connectivity index (χ0n) is 21.9. The quantitative estimate of drug-likeness (QED) is 0.246. The first kappa shape index (κ1) is 28.3. The van der Waals surface area contributed by atoms with Gasteiger partial charge in [-0.25, -0.2) is 13.1 Å². The molecule has 0 fully saturated rings. The third-order valence-electron chi connectivity index (χ3n) is 6.28. The van der Waals surface area contributed by atoms with E-state index in [2.05, 4.69) is 54.9 Å². The number of aromatic nitrogens is 4. The van der Waals surface area contributed by atoms with Crippen molar-refractivity contribution in [1.29, 1.82) is 0 Å². The van der Waals surface area contributed by atoms with Crippen molar-refractivity contribution in [2.24, 2.45) is 0 Å². The van der Waals surface area contributed by atoms with Gasteiger partial charge < -0.3 is 0 Å². The lowest BCUT2D eigenvalue weighted by atomic mass is 9.93. The summed E-state index contributed by atoms with van der Waals surface area (Å²) in [5.74, 6) is 0.564. The Balaban J connectivity index is 1.89. The predicted molar refractivity (Wildman–Crippen MR) is 141 cm³/mol. The topological polar surface area (TPSA) is 89.8 Å². The van der Waals surface area contributed by atoms with Crippen LogP contribution in [0.2, 0.25) is 0 Å². The van der Waals surface area contributed by atoms with Gasteiger partial charge in [0.2, 0.25) is 10.0 Å². The summed E-state index contributed by atoms with van der Waals surface area (Å²) >= 11 is 0. The molecule has 1 aromatic heterocycles. The maximum atomic E-state index is 13.1. The van der Waals surface area contributed by atoms with Crippen molar-refractivity contribution < 1.29 is 8.42 Å². The van der Waals surface area contributed by atoms with Crippen LogP contribution in [0.15, 0.2) is 18.2 Å². The Bertz CT molecular complexity index is 928. The van der Waals surface area contributed by atoms with E-state index in [1.165, 1.54) is 51.4 Å². The van der Waals surface area contributed by atoms with Crippen LogP contribution in [0.4, 0.5) is 5.69 Å². The third-order valence-corrected chi connectivity index (χ3v) is 7.43. The number of aryl methyl sites for hydroxylation is 1. The summed E-state index contributed by atoms with van der Waals surface area (Å²) in [4.78, 5) is 0. The van der Waals surface area contributed by atoms with E-state index in [1.807, 2.05) is 18.2 Å². The lowest BCUT2D eigenvalue weighted by molar-refractivity contribution is 0.499. The molecule has 0 amide bonds. The molecule has 34 heavy (non-hydrogen) atoms. The van der Waals surface area contributed by atoms with Crippen molar-refractivity contribution in [3.05, 3.63) is 35.2 Å². The van der Waals surface area contributed by atoms with Gasteiger partial charge in [-0.3, -0.25) is 4.72 Å². The van der Waals surface area contributed by atoms with Crippen LogP contribution in [-0.4, -0.2) is 28.6 Å². The number of nitrogens with zero attached hydrogens (tertiary/aromatic N) is 4. The number of tetrazole rings is 1. The standard InChI is InChI=1S/C26H45N5O2S/c1-6-7-8-9-10-11-12-13-14-15-19-31-25(27-29-30-31)20-34(32,33)28-26-23(21(2)3)17-16-18-24(26)22(4)5/h16-18,21-22,28H,6-15,19-20H2,1-5H3. The van der Waals surface area contributed by atoms with E-state index in [4.69, 9.17) is 0 Å². The molecule has 1 aromatic carbocycles. The summed E-state index contributed by atoms with van der Waals surface area (Å²) < 4.78 is 30.7. The SMILES string of the molecule is CCCCCCCCCCCCn1nnnc1CS(=O)(=O)Nc1c(C(C)C)cccc1C(C)C. The number of anilines is 1. The molecule has 1 heterocycles. The molecule has 2 rings (SSSR count). The van der Waals surface area contributed by atoms with E-state index in [0.717, 1.165) is 24.0 Å². The Hall–Kier alpha value is -1.96. The lowest BCUT2D eigenvalue weighted by Gasteiger charge is -2.20. The number of nitrogens with one attached hydrogen (secondary N) is 1. The van der Waals surface area contributed by atoms with Gasteiger partial charge in [0.25, 0.3) is 0 Å². The van der Waals surface area contributed by atoms with Crippen molar-refractivity contribution in [2.75, 3.05) is 4.72 Å². The first-order chi connectivity index (χ1) is 16.2. The number of rotatable bonds is 17. The molecule has 0 saturated carbocycles. The minimum Gasteiger partial charge on any atom is -0.283 e. The van der Waals surface area contributed by atoms with Crippen LogP contribution in [0.25, 0.3) is 0 Å². The van der Waals surface area contributed by atoms with Gasteiger partial charge in [0, 0.05) is 6.54 Å². The first-order valence-electron chi connectivity index (χ1n) is 13.1. The molecule has 0 aliphatic carbocycles. The highest BCUT2D eigenvalue weighted by atomic mass is 32.2. The molecule has 192 valence electrons. The van der Waals surface area contributed by atoms with Crippen LogP contribution in [0, 0.1) is 0 Å². The molecule has 0 radical (unpaired) electrons. The smallest absolute Gasteiger partial charge is 0.240 e. The van der Waals surface area contributed by atoms with E-state index in [0.29, 0.717) is 18.1 Å².